The molecule has 0 amide bonds. The zero-order valence-corrected chi connectivity index (χ0v) is 12.5. The Bertz CT molecular complexity index is 536. The number of benzene rings is 1. The SMILES string of the molecule is Cl.ClCCCCC1NCCc2c1[nH]c1ccccc21. The molecule has 0 saturated heterocycles. The number of alkyl halides is 1. The monoisotopic (exact) mass is 298 g/mol. The van der Waals surface area contributed by atoms with Crippen molar-refractivity contribution in [1.82, 2.24) is 10.3 Å². The zero-order valence-electron chi connectivity index (χ0n) is 10.9. The van der Waals surface area contributed by atoms with E-state index in [-0.39, 0.29) is 12.4 Å². The van der Waals surface area contributed by atoms with Crippen LogP contribution in [0.1, 0.15) is 36.6 Å². The lowest BCUT2D eigenvalue weighted by Crippen LogP contribution is -2.29. The van der Waals surface area contributed by atoms with Crippen molar-refractivity contribution in [2.45, 2.75) is 31.7 Å². The van der Waals surface area contributed by atoms with E-state index in [1.165, 1.54) is 35.0 Å². The van der Waals surface area contributed by atoms with Gasteiger partial charge in [0.05, 0.1) is 0 Å². The maximum Gasteiger partial charge on any atom is 0.0476 e. The van der Waals surface area contributed by atoms with E-state index < -0.39 is 0 Å². The molecule has 1 aliphatic heterocycles. The molecule has 104 valence electrons. The summed E-state index contributed by atoms with van der Waals surface area (Å²) in [6, 6.07) is 9.10. The van der Waals surface area contributed by atoms with E-state index in [2.05, 4.69) is 34.6 Å². The highest BCUT2D eigenvalue weighted by Gasteiger charge is 2.22. The lowest BCUT2D eigenvalue weighted by atomic mass is 9.96. The van der Waals surface area contributed by atoms with Crippen molar-refractivity contribution in [3.8, 4) is 0 Å². The Labute approximate surface area is 125 Å². The van der Waals surface area contributed by atoms with E-state index >= 15 is 0 Å². The maximum atomic E-state index is 5.76. The molecular formula is C15H20Cl2N2. The predicted octanol–water partition coefficient (Wildman–Crippen LogP) is 4.19. The third-order valence-corrected chi connectivity index (χ3v) is 4.10. The van der Waals surface area contributed by atoms with Gasteiger partial charge in [0, 0.05) is 28.5 Å². The van der Waals surface area contributed by atoms with Crippen molar-refractivity contribution in [3.63, 3.8) is 0 Å². The normalized spacial score (nSPS) is 18.1. The average Bonchev–Trinajstić information content (AvgIpc) is 2.79. The Hall–Kier alpha value is -0.700. The fourth-order valence-corrected chi connectivity index (χ4v) is 3.14. The number of aromatic nitrogens is 1. The Morgan fingerprint density at radius 1 is 1.21 bits per heavy atom. The Balaban J connectivity index is 0.00000133. The van der Waals surface area contributed by atoms with Crippen molar-refractivity contribution in [2.75, 3.05) is 12.4 Å². The van der Waals surface area contributed by atoms with E-state index in [0.717, 1.165) is 25.3 Å². The highest BCUT2D eigenvalue weighted by Crippen LogP contribution is 2.32. The van der Waals surface area contributed by atoms with Crippen LogP contribution in [0.3, 0.4) is 0 Å². The van der Waals surface area contributed by atoms with Crippen LogP contribution in [0.25, 0.3) is 10.9 Å². The molecule has 1 unspecified atom stereocenters. The van der Waals surface area contributed by atoms with Crippen LogP contribution in [-0.2, 0) is 6.42 Å². The molecule has 4 heteroatoms. The van der Waals surface area contributed by atoms with Crippen LogP contribution < -0.4 is 5.32 Å². The summed E-state index contributed by atoms with van der Waals surface area (Å²) in [7, 11) is 0. The topological polar surface area (TPSA) is 27.8 Å². The Morgan fingerprint density at radius 3 is 2.89 bits per heavy atom. The lowest BCUT2D eigenvalue weighted by Gasteiger charge is -2.24. The van der Waals surface area contributed by atoms with Crippen LogP contribution in [0.4, 0.5) is 0 Å². The number of unbranched alkanes of at least 4 members (excludes halogenated alkanes) is 1. The molecule has 19 heavy (non-hydrogen) atoms. The highest BCUT2D eigenvalue weighted by atomic mass is 35.5. The van der Waals surface area contributed by atoms with E-state index in [1.807, 2.05) is 0 Å². The third kappa shape index (κ3) is 2.91. The minimum absolute atomic E-state index is 0. The van der Waals surface area contributed by atoms with Gasteiger partial charge in [0.15, 0.2) is 0 Å². The summed E-state index contributed by atoms with van der Waals surface area (Å²) in [5, 5.41) is 5.02. The number of nitrogens with one attached hydrogen (secondary N) is 2. The summed E-state index contributed by atoms with van der Waals surface area (Å²) in [6.45, 7) is 1.08. The molecule has 0 aliphatic carbocycles. The molecule has 2 heterocycles. The van der Waals surface area contributed by atoms with Crippen LogP contribution in [0.15, 0.2) is 24.3 Å². The predicted molar refractivity (Wildman–Crippen MR) is 84.6 cm³/mol. The fraction of sp³-hybridized carbons (Fsp3) is 0.467. The van der Waals surface area contributed by atoms with Gasteiger partial charge < -0.3 is 10.3 Å². The molecular weight excluding hydrogens is 279 g/mol. The number of fused-ring (bicyclic) bond motifs is 3. The molecule has 1 aromatic carbocycles. The number of hydrogen-bond acceptors (Lipinski definition) is 1. The molecule has 0 bridgehead atoms. The number of H-pyrrole nitrogens is 1. The van der Waals surface area contributed by atoms with Crippen LogP contribution >= 0.6 is 24.0 Å². The van der Waals surface area contributed by atoms with E-state index in [9.17, 15) is 0 Å². The lowest BCUT2D eigenvalue weighted by molar-refractivity contribution is 0.454. The Morgan fingerprint density at radius 2 is 2.05 bits per heavy atom. The maximum absolute atomic E-state index is 5.76. The first-order valence-electron chi connectivity index (χ1n) is 6.79. The molecule has 0 spiro atoms. The fourth-order valence-electron chi connectivity index (χ4n) is 2.95. The summed E-state index contributed by atoms with van der Waals surface area (Å²) < 4.78 is 0. The molecule has 0 radical (unpaired) electrons. The Kier molecular flexibility index (Phi) is 5.14. The summed E-state index contributed by atoms with van der Waals surface area (Å²) in [5.74, 6) is 0.770. The first-order chi connectivity index (χ1) is 8.90. The second-order valence-electron chi connectivity index (χ2n) is 5.00. The molecule has 3 rings (SSSR count). The minimum atomic E-state index is 0. The van der Waals surface area contributed by atoms with Gasteiger partial charge >= 0.3 is 0 Å². The second-order valence-corrected chi connectivity index (χ2v) is 5.38. The molecule has 1 atom stereocenters. The van der Waals surface area contributed by atoms with Gasteiger partial charge in [0.1, 0.15) is 0 Å². The van der Waals surface area contributed by atoms with Crippen LogP contribution in [0.5, 0.6) is 0 Å². The van der Waals surface area contributed by atoms with Gasteiger partial charge in [0.25, 0.3) is 0 Å². The summed E-state index contributed by atoms with van der Waals surface area (Å²) >= 11 is 5.76. The van der Waals surface area contributed by atoms with Crippen LogP contribution in [-0.4, -0.2) is 17.4 Å². The number of aromatic amines is 1. The average molecular weight is 299 g/mol. The largest absolute Gasteiger partial charge is 0.357 e. The first-order valence-corrected chi connectivity index (χ1v) is 7.32. The van der Waals surface area contributed by atoms with E-state index in [4.69, 9.17) is 11.6 Å². The number of halogens is 2. The van der Waals surface area contributed by atoms with Crippen LogP contribution in [0.2, 0.25) is 0 Å². The number of hydrogen-bond donors (Lipinski definition) is 2. The smallest absolute Gasteiger partial charge is 0.0476 e. The van der Waals surface area contributed by atoms with E-state index in [0.29, 0.717) is 6.04 Å². The molecule has 0 fully saturated rings. The number of para-hydroxylation sites is 1. The van der Waals surface area contributed by atoms with Gasteiger partial charge in [-0.25, -0.2) is 0 Å². The molecule has 2 N–H and O–H groups in total. The second kappa shape index (κ2) is 6.65. The molecule has 1 aromatic heterocycles. The summed E-state index contributed by atoms with van der Waals surface area (Å²) in [6.07, 6.45) is 4.60. The van der Waals surface area contributed by atoms with Gasteiger partial charge in [-0.15, -0.1) is 24.0 Å². The van der Waals surface area contributed by atoms with Gasteiger partial charge in [-0.2, -0.15) is 0 Å². The molecule has 2 aromatic rings. The van der Waals surface area contributed by atoms with Gasteiger partial charge in [-0.05, 0) is 37.4 Å². The first kappa shape index (κ1) is 14.7. The van der Waals surface area contributed by atoms with Gasteiger partial charge in [-0.1, -0.05) is 24.6 Å². The van der Waals surface area contributed by atoms with Gasteiger partial charge in [0.2, 0.25) is 0 Å². The van der Waals surface area contributed by atoms with Crippen molar-refractivity contribution in [1.29, 1.82) is 0 Å². The number of rotatable bonds is 4. The molecule has 2 nitrogen and oxygen atoms in total. The van der Waals surface area contributed by atoms with Gasteiger partial charge in [-0.3, -0.25) is 0 Å². The quantitative estimate of drug-likeness (QED) is 0.643. The van der Waals surface area contributed by atoms with Crippen molar-refractivity contribution < 1.29 is 0 Å². The standard InChI is InChI=1S/C15H19ClN2.ClH/c16-9-4-3-7-14-15-12(8-10-17-14)11-5-1-2-6-13(11)18-15;/h1-2,5-6,14,17-18H,3-4,7-10H2;1H. The van der Waals surface area contributed by atoms with Crippen molar-refractivity contribution in [3.05, 3.63) is 35.5 Å². The van der Waals surface area contributed by atoms with Crippen LogP contribution in [0, 0.1) is 0 Å². The van der Waals surface area contributed by atoms with Crippen molar-refractivity contribution >= 4 is 34.9 Å². The minimum Gasteiger partial charge on any atom is -0.357 e. The molecule has 1 aliphatic rings. The zero-order chi connectivity index (χ0) is 12.4. The summed E-state index contributed by atoms with van der Waals surface area (Å²) in [5.41, 5.74) is 4.19. The van der Waals surface area contributed by atoms with Crippen molar-refractivity contribution in [2.24, 2.45) is 0 Å². The van der Waals surface area contributed by atoms with E-state index in [1.54, 1.807) is 0 Å². The highest BCUT2D eigenvalue weighted by molar-refractivity contribution is 6.17. The summed E-state index contributed by atoms with van der Waals surface area (Å²) in [4.78, 5) is 3.60. The third-order valence-electron chi connectivity index (χ3n) is 3.84. The molecule has 0 saturated carbocycles.